The van der Waals surface area contributed by atoms with Crippen LogP contribution < -0.4 is 10.5 Å². The van der Waals surface area contributed by atoms with Gasteiger partial charge in [-0.1, -0.05) is 18.2 Å². The zero-order chi connectivity index (χ0) is 22.4. The molecule has 0 bridgehead atoms. The third-order valence-electron chi connectivity index (χ3n) is 4.92. The minimum atomic E-state index is -4.03. The van der Waals surface area contributed by atoms with Crippen molar-refractivity contribution in [2.24, 2.45) is 5.14 Å². The lowest BCUT2D eigenvalue weighted by atomic mass is 10.2. The summed E-state index contributed by atoms with van der Waals surface area (Å²) in [7, 11) is -4.03. The Labute approximate surface area is 186 Å². The van der Waals surface area contributed by atoms with Crippen molar-refractivity contribution < 1.29 is 18.1 Å². The Balaban J connectivity index is 1.77. The Bertz CT molecular complexity index is 998. The summed E-state index contributed by atoms with van der Waals surface area (Å²) >= 11 is 1.75. The highest BCUT2D eigenvalue weighted by Gasteiger charge is 2.26. The summed E-state index contributed by atoms with van der Waals surface area (Å²) in [5, 5.41) is 19.9. The number of ether oxygens (including phenoxy) is 1. The second-order valence-electron chi connectivity index (χ2n) is 7.30. The van der Waals surface area contributed by atoms with Crippen LogP contribution in [0.1, 0.15) is 13.3 Å². The molecule has 0 saturated carbocycles. The highest BCUT2D eigenvalue weighted by Crippen LogP contribution is 2.32. The van der Waals surface area contributed by atoms with Gasteiger partial charge in [-0.3, -0.25) is 15.0 Å². The van der Waals surface area contributed by atoms with Gasteiger partial charge in [0.05, 0.1) is 28.4 Å². The molecule has 1 saturated heterocycles. The minimum absolute atomic E-state index is 0.108. The fraction of sp³-hybridized carbons (Fsp3) is 0.400. The minimum Gasteiger partial charge on any atom is -0.379 e. The van der Waals surface area contributed by atoms with E-state index in [1.54, 1.807) is 11.8 Å². The van der Waals surface area contributed by atoms with Crippen molar-refractivity contribution in [3.8, 4) is 0 Å². The van der Waals surface area contributed by atoms with Gasteiger partial charge in [-0.2, -0.15) is 0 Å². The second-order valence-corrected chi connectivity index (χ2v) is 10.1. The van der Waals surface area contributed by atoms with Crippen LogP contribution >= 0.6 is 11.8 Å². The number of nitro groups is 1. The van der Waals surface area contributed by atoms with E-state index in [-0.39, 0.29) is 27.7 Å². The number of thioether (sulfide) groups is 1. The predicted molar refractivity (Wildman–Crippen MR) is 121 cm³/mol. The average Bonchev–Trinajstić information content (AvgIpc) is 2.74. The number of nitrogens with one attached hydrogen (secondary N) is 1. The highest BCUT2D eigenvalue weighted by atomic mass is 32.2. The third kappa shape index (κ3) is 6.65. The number of nitro benzene ring substituents is 1. The van der Waals surface area contributed by atoms with Gasteiger partial charge in [-0.15, -0.1) is 11.8 Å². The molecule has 2 aromatic rings. The van der Waals surface area contributed by atoms with Crippen LogP contribution in [-0.2, 0) is 14.8 Å². The van der Waals surface area contributed by atoms with Crippen molar-refractivity contribution in [1.29, 1.82) is 0 Å². The first kappa shape index (κ1) is 23.5. The third-order valence-corrected chi connectivity index (χ3v) is 7.14. The monoisotopic (exact) mass is 466 g/mol. The molecule has 0 aromatic heterocycles. The van der Waals surface area contributed by atoms with Crippen LogP contribution in [0.3, 0.4) is 0 Å². The van der Waals surface area contributed by atoms with Crippen molar-refractivity contribution >= 4 is 33.2 Å². The Kier molecular flexibility index (Phi) is 7.89. The number of hydrogen-bond acceptors (Lipinski definition) is 8. The molecule has 11 heteroatoms. The largest absolute Gasteiger partial charge is 0.379 e. The predicted octanol–water partition coefficient (Wildman–Crippen LogP) is 2.88. The lowest BCUT2D eigenvalue weighted by Crippen LogP contribution is -2.43. The van der Waals surface area contributed by atoms with Gasteiger partial charge in [-0.25, -0.2) is 13.6 Å². The smallest absolute Gasteiger partial charge is 0.293 e. The first-order chi connectivity index (χ1) is 14.7. The van der Waals surface area contributed by atoms with Gasteiger partial charge >= 0.3 is 0 Å². The van der Waals surface area contributed by atoms with Crippen LogP contribution in [-0.4, -0.2) is 56.0 Å². The number of morpholine rings is 1. The van der Waals surface area contributed by atoms with E-state index >= 15 is 0 Å². The van der Waals surface area contributed by atoms with E-state index in [9.17, 15) is 18.5 Å². The van der Waals surface area contributed by atoms with Crippen molar-refractivity contribution in [3.05, 3.63) is 58.6 Å². The first-order valence-corrected chi connectivity index (χ1v) is 12.3. The maximum atomic E-state index is 11.6. The van der Waals surface area contributed by atoms with Gasteiger partial charge in [0.25, 0.3) is 5.69 Å². The molecule has 2 unspecified atom stereocenters. The SMILES string of the molecule is CC(CC(Sc1ccccc1)N1CCOCC1)Nc1ccc(S(N)(=O)=O)cc1[N+](=O)[O-]. The molecule has 2 aromatic carbocycles. The summed E-state index contributed by atoms with van der Waals surface area (Å²) in [5.74, 6) is 0. The van der Waals surface area contributed by atoms with E-state index in [0.717, 1.165) is 24.1 Å². The van der Waals surface area contributed by atoms with Crippen LogP contribution in [0, 0.1) is 10.1 Å². The number of rotatable bonds is 9. The first-order valence-electron chi connectivity index (χ1n) is 9.85. The van der Waals surface area contributed by atoms with E-state index < -0.39 is 14.9 Å². The van der Waals surface area contributed by atoms with Crippen LogP contribution in [0.5, 0.6) is 0 Å². The summed E-state index contributed by atoms with van der Waals surface area (Å²) in [6.07, 6.45) is 0.716. The van der Waals surface area contributed by atoms with Gasteiger partial charge in [0, 0.05) is 30.1 Å². The molecule has 1 aliphatic rings. The number of nitrogens with zero attached hydrogens (tertiary/aromatic N) is 2. The Morgan fingerprint density at radius 2 is 1.90 bits per heavy atom. The topological polar surface area (TPSA) is 128 Å². The molecular weight excluding hydrogens is 440 g/mol. The molecule has 0 radical (unpaired) electrons. The highest BCUT2D eigenvalue weighted by molar-refractivity contribution is 7.99. The molecule has 1 fully saturated rings. The Morgan fingerprint density at radius 1 is 1.23 bits per heavy atom. The Morgan fingerprint density at radius 3 is 2.52 bits per heavy atom. The normalized spacial score (nSPS) is 17.1. The van der Waals surface area contributed by atoms with E-state index in [4.69, 9.17) is 9.88 Å². The molecule has 0 spiro atoms. The van der Waals surface area contributed by atoms with Crippen molar-refractivity contribution in [2.45, 2.75) is 34.6 Å². The molecule has 0 amide bonds. The van der Waals surface area contributed by atoms with Crippen molar-refractivity contribution in [2.75, 3.05) is 31.6 Å². The molecule has 1 aliphatic heterocycles. The van der Waals surface area contributed by atoms with E-state index in [2.05, 4.69) is 22.3 Å². The molecule has 2 atom stereocenters. The fourth-order valence-electron chi connectivity index (χ4n) is 3.38. The molecule has 9 nitrogen and oxygen atoms in total. The maximum Gasteiger partial charge on any atom is 0.293 e. The summed E-state index contributed by atoms with van der Waals surface area (Å²) in [4.78, 5) is 14.1. The van der Waals surface area contributed by atoms with Crippen LogP contribution in [0.25, 0.3) is 0 Å². The van der Waals surface area contributed by atoms with Gasteiger partial charge in [0.15, 0.2) is 0 Å². The maximum absolute atomic E-state index is 11.6. The number of hydrogen-bond donors (Lipinski definition) is 2. The molecule has 1 heterocycles. The van der Waals surface area contributed by atoms with Crippen LogP contribution in [0.2, 0.25) is 0 Å². The molecule has 0 aliphatic carbocycles. The van der Waals surface area contributed by atoms with Crippen molar-refractivity contribution in [3.63, 3.8) is 0 Å². The van der Waals surface area contributed by atoms with Gasteiger partial charge in [0.1, 0.15) is 5.69 Å². The van der Waals surface area contributed by atoms with E-state index in [1.807, 2.05) is 25.1 Å². The van der Waals surface area contributed by atoms with Gasteiger partial charge in [-0.05, 0) is 37.6 Å². The average molecular weight is 467 g/mol. The standard InChI is InChI=1S/C20H26N4O5S2/c1-15(22-18-8-7-17(31(21,27)28)14-19(18)24(25)26)13-20(23-9-11-29-12-10-23)30-16-5-3-2-4-6-16/h2-8,14-15,20,22H,9-13H2,1H3,(H2,21,27,28). The summed E-state index contributed by atoms with van der Waals surface area (Å²) in [5.41, 5.74) is -0.0626. The fourth-order valence-corrected chi connectivity index (χ4v) is 5.29. The lowest BCUT2D eigenvalue weighted by Gasteiger charge is -2.35. The van der Waals surface area contributed by atoms with Crippen LogP contribution in [0.4, 0.5) is 11.4 Å². The van der Waals surface area contributed by atoms with Crippen molar-refractivity contribution in [1.82, 2.24) is 4.90 Å². The zero-order valence-electron chi connectivity index (χ0n) is 17.1. The quantitative estimate of drug-likeness (QED) is 0.328. The molecular formula is C20H26N4O5S2. The number of sulfonamides is 1. The number of primary sulfonamides is 1. The summed E-state index contributed by atoms with van der Waals surface area (Å²) in [6, 6.07) is 13.6. The van der Waals surface area contributed by atoms with Gasteiger partial charge < -0.3 is 10.1 Å². The number of benzene rings is 2. The summed E-state index contributed by atoms with van der Waals surface area (Å²) < 4.78 is 28.6. The van der Waals surface area contributed by atoms with E-state index in [1.165, 1.54) is 12.1 Å². The second kappa shape index (κ2) is 10.4. The zero-order valence-corrected chi connectivity index (χ0v) is 18.8. The lowest BCUT2D eigenvalue weighted by molar-refractivity contribution is -0.384. The van der Waals surface area contributed by atoms with Crippen LogP contribution in [0.15, 0.2) is 58.3 Å². The molecule has 168 valence electrons. The number of anilines is 1. The molecule has 3 N–H and O–H groups in total. The Hall–Kier alpha value is -2.18. The molecule has 3 rings (SSSR count). The van der Waals surface area contributed by atoms with E-state index in [0.29, 0.717) is 19.6 Å². The molecule has 31 heavy (non-hydrogen) atoms. The van der Waals surface area contributed by atoms with Gasteiger partial charge in [0.2, 0.25) is 10.0 Å². The summed E-state index contributed by atoms with van der Waals surface area (Å²) in [6.45, 7) is 4.94. The number of nitrogens with two attached hydrogens (primary N) is 1.